The van der Waals surface area contributed by atoms with Crippen LogP contribution in [0, 0.1) is 0 Å². The van der Waals surface area contributed by atoms with Crippen molar-refractivity contribution in [1.29, 1.82) is 0 Å². The van der Waals surface area contributed by atoms with E-state index in [0.29, 0.717) is 23.7 Å². The van der Waals surface area contributed by atoms with E-state index in [9.17, 15) is 0 Å². The van der Waals surface area contributed by atoms with Gasteiger partial charge in [-0.3, -0.25) is 9.13 Å². The van der Waals surface area contributed by atoms with Crippen LogP contribution in [0.25, 0.3) is 76.8 Å². The molecule has 0 spiro atoms. The Morgan fingerprint density at radius 3 is 1.15 bits per heavy atom. The van der Waals surface area contributed by atoms with Crippen LogP contribution in [0.1, 0.15) is 101 Å². The molecule has 0 bridgehead atoms. The van der Waals surface area contributed by atoms with E-state index in [0.717, 1.165) is 34.2 Å². The van der Waals surface area contributed by atoms with Gasteiger partial charge in [-0.2, -0.15) is 0 Å². The van der Waals surface area contributed by atoms with Crippen molar-refractivity contribution >= 4 is 65.2 Å². The number of nitrogens with zero attached hydrogens (tertiary/aromatic N) is 4. The Labute approximate surface area is 321 Å². The molecule has 4 heterocycles. The highest BCUT2D eigenvalue weighted by molar-refractivity contribution is 6.27. The van der Waals surface area contributed by atoms with Gasteiger partial charge in [0, 0.05) is 46.1 Å². The molecule has 0 saturated heterocycles. The lowest BCUT2D eigenvalue weighted by Crippen LogP contribution is -2.02. The monoisotopic (exact) mass is 718 g/mol. The minimum atomic E-state index is 0.315. The van der Waals surface area contributed by atoms with E-state index in [-0.39, 0.29) is 0 Å². The fraction of sp³-hybridized carbons (Fsp3) is 0.240. The summed E-state index contributed by atoms with van der Waals surface area (Å²) in [4.78, 5) is 9.77. The second kappa shape index (κ2) is 12.3. The Morgan fingerprint density at radius 2 is 0.782 bits per heavy atom. The highest BCUT2D eigenvalue weighted by Gasteiger charge is 2.28. The quantitative estimate of drug-likeness (QED) is 0.147. The van der Waals surface area contributed by atoms with Gasteiger partial charge in [-0.25, -0.2) is 9.97 Å². The Kier molecular flexibility index (Phi) is 7.51. The number of rotatable bonds is 8. The fourth-order valence-electron chi connectivity index (χ4n) is 9.98. The second-order valence-corrected chi connectivity index (χ2v) is 16.6. The molecular weight excluding hydrogens is 673 g/mol. The van der Waals surface area contributed by atoms with Gasteiger partial charge < -0.3 is 4.74 Å². The van der Waals surface area contributed by atoms with Crippen LogP contribution in [0.3, 0.4) is 0 Å². The molecule has 6 aromatic carbocycles. The summed E-state index contributed by atoms with van der Waals surface area (Å²) < 4.78 is 11.9. The molecule has 0 saturated carbocycles. The molecule has 55 heavy (non-hydrogen) atoms. The van der Waals surface area contributed by atoms with E-state index >= 15 is 0 Å². The fourth-order valence-corrected chi connectivity index (χ4v) is 9.98. The van der Waals surface area contributed by atoms with Gasteiger partial charge in [0.05, 0.1) is 22.1 Å². The molecule has 0 fully saturated rings. The molecule has 0 radical (unpaired) electrons. The summed E-state index contributed by atoms with van der Waals surface area (Å²) in [5.74, 6) is 4.75. The first-order valence-electron chi connectivity index (χ1n) is 19.9. The molecule has 0 amide bonds. The van der Waals surface area contributed by atoms with E-state index in [1.807, 2.05) is 24.5 Å². The van der Waals surface area contributed by atoms with Crippen molar-refractivity contribution in [3.05, 3.63) is 132 Å². The molecule has 0 unspecified atom stereocenters. The lowest BCUT2D eigenvalue weighted by molar-refractivity contribution is 0.485. The van der Waals surface area contributed by atoms with Crippen molar-refractivity contribution in [2.75, 3.05) is 0 Å². The zero-order valence-electron chi connectivity index (χ0n) is 32.9. The topological polar surface area (TPSA) is 44.9 Å². The van der Waals surface area contributed by atoms with Gasteiger partial charge in [0.25, 0.3) is 0 Å². The Hall–Kier alpha value is -5.94. The van der Waals surface area contributed by atoms with E-state index in [1.54, 1.807) is 0 Å². The minimum Gasteiger partial charge on any atom is -0.457 e. The highest BCUT2D eigenvalue weighted by atomic mass is 16.5. The summed E-state index contributed by atoms with van der Waals surface area (Å²) in [6.07, 6.45) is 3.76. The minimum absolute atomic E-state index is 0.315. The molecule has 5 nitrogen and oxygen atoms in total. The van der Waals surface area contributed by atoms with Crippen LogP contribution >= 0.6 is 0 Å². The average Bonchev–Trinajstić information content (AvgIpc) is 3.69. The molecule has 0 aliphatic carbocycles. The number of benzene rings is 6. The largest absolute Gasteiger partial charge is 0.457 e. The number of pyridine rings is 2. The van der Waals surface area contributed by atoms with Crippen LogP contribution in [0.4, 0.5) is 0 Å². The first-order chi connectivity index (χ1) is 26.6. The maximum Gasteiger partial charge on any atom is 0.137 e. The molecular formula is C50H46N4O. The summed E-state index contributed by atoms with van der Waals surface area (Å²) in [5.41, 5.74) is 10.2. The number of ether oxygens (including phenoxy) is 1. The molecule has 272 valence electrons. The van der Waals surface area contributed by atoms with Gasteiger partial charge in [-0.1, -0.05) is 91.8 Å². The van der Waals surface area contributed by atoms with Gasteiger partial charge in [-0.05, 0) is 116 Å². The highest BCUT2D eigenvalue weighted by Crippen LogP contribution is 2.50. The van der Waals surface area contributed by atoms with E-state index in [2.05, 4.69) is 149 Å². The standard InChI is InChI=1S/C50H46N4O/c1-27(2)43-33-15-13-17-37-47(33)49-35(45(43)29(5)6)23-31(25-39(49)53(37)41-19-9-11-21-51-41)55-32-24-36-46(30(7)8)44(28(3)4)34-16-14-18-38-48(34)50(36)40(26-32)54(38)42-20-10-12-22-52-42/h9-30H,1-8H3. The molecule has 0 aliphatic rings. The molecule has 5 heteroatoms. The summed E-state index contributed by atoms with van der Waals surface area (Å²) >= 11 is 0. The number of hydrogen-bond acceptors (Lipinski definition) is 3. The van der Waals surface area contributed by atoms with E-state index in [4.69, 9.17) is 14.7 Å². The summed E-state index contributed by atoms with van der Waals surface area (Å²) in [7, 11) is 0. The molecule has 0 atom stereocenters. The Bertz CT molecular complexity index is 2850. The van der Waals surface area contributed by atoms with Crippen LogP contribution in [-0.2, 0) is 0 Å². The van der Waals surface area contributed by atoms with Crippen molar-refractivity contribution in [1.82, 2.24) is 19.1 Å². The molecule has 4 aromatic heterocycles. The van der Waals surface area contributed by atoms with Gasteiger partial charge in [0.1, 0.15) is 23.1 Å². The van der Waals surface area contributed by atoms with E-state index in [1.165, 1.54) is 76.4 Å². The third-order valence-corrected chi connectivity index (χ3v) is 11.8. The predicted molar refractivity (Wildman–Crippen MR) is 231 cm³/mol. The zero-order chi connectivity index (χ0) is 37.9. The summed E-state index contributed by atoms with van der Waals surface area (Å²) in [6.45, 7) is 18.6. The Morgan fingerprint density at radius 1 is 0.400 bits per heavy atom. The van der Waals surface area contributed by atoms with Crippen LogP contribution in [-0.4, -0.2) is 19.1 Å². The number of hydrogen-bond donors (Lipinski definition) is 0. The third-order valence-electron chi connectivity index (χ3n) is 11.8. The van der Waals surface area contributed by atoms with Crippen molar-refractivity contribution in [2.24, 2.45) is 0 Å². The van der Waals surface area contributed by atoms with Crippen molar-refractivity contribution in [3.8, 4) is 23.1 Å². The predicted octanol–water partition coefficient (Wildman–Crippen LogP) is 14.1. The molecule has 0 N–H and O–H groups in total. The Balaban J connectivity index is 1.31. The van der Waals surface area contributed by atoms with Crippen molar-refractivity contribution in [3.63, 3.8) is 0 Å². The van der Waals surface area contributed by atoms with Crippen molar-refractivity contribution < 1.29 is 4.74 Å². The summed E-state index contributed by atoms with van der Waals surface area (Å²) in [6, 6.07) is 34.9. The normalized spacial score (nSPS) is 12.7. The number of aromatic nitrogens is 4. The first-order valence-corrected chi connectivity index (χ1v) is 19.9. The SMILES string of the molecule is CC(C)c1c(C(C)C)c2cc(Oc3cc4c(C(C)C)c(C(C)C)c5cccc6c5c4c(c3)n6-c3ccccn3)cc3c2c2c1cccc2n3-c1ccccn1. The van der Waals surface area contributed by atoms with Gasteiger partial charge >= 0.3 is 0 Å². The molecule has 10 rings (SSSR count). The van der Waals surface area contributed by atoms with Crippen LogP contribution in [0.5, 0.6) is 11.5 Å². The first kappa shape index (κ1) is 33.6. The third kappa shape index (κ3) is 4.78. The van der Waals surface area contributed by atoms with Crippen LogP contribution in [0.2, 0.25) is 0 Å². The lowest BCUT2D eigenvalue weighted by atomic mass is 9.82. The molecule has 0 aliphatic heterocycles. The van der Waals surface area contributed by atoms with Crippen LogP contribution in [0.15, 0.2) is 109 Å². The smallest absolute Gasteiger partial charge is 0.137 e. The lowest BCUT2D eigenvalue weighted by Gasteiger charge is -2.23. The van der Waals surface area contributed by atoms with Crippen molar-refractivity contribution in [2.45, 2.75) is 79.1 Å². The van der Waals surface area contributed by atoms with Gasteiger partial charge in [0.2, 0.25) is 0 Å². The van der Waals surface area contributed by atoms with E-state index < -0.39 is 0 Å². The van der Waals surface area contributed by atoms with Crippen LogP contribution < -0.4 is 4.74 Å². The maximum atomic E-state index is 7.23. The second-order valence-electron chi connectivity index (χ2n) is 16.6. The zero-order valence-corrected chi connectivity index (χ0v) is 32.9. The molecule has 10 aromatic rings. The van der Waals surface area contributed by atoms with Gasteiger partial charge in [-0.15, -0.1) is 0 Å². The average molecular weight is 719 g/mol. The maximum absolute atomic E-state index is 7.23. The summed E-state index contributed by atoms with van der Waals surface area (Å²) in [5, 5.41) is 10.3. The van der Waals surface area contributed by atoms with Gasteiger partial charge in [0.15, 0.2) is 0 Å².